The Balaban J connectivity index is 1.89. The van der Waals surface area contributed by atoms with Crippen LogP contribution in [-0.2, 0) is 6.61 Å². The normalized spacial score (nSPS) is 10.7. The lowest BCUT2D eigenvalue weighted by molar-refractivity contribution is 0.305. The van der Waals surface area contributed by atoms with Gasteiger partial charge in [-0.15, -0.1) is 0 Å². The van der Waals surface area contributed by atoms with Crippen LogP contribution in [0.5, 0.6) is 5.75 Å². The van der Waals surface area contributed by atoms with Crippen molar-refractivity contribution >= 4 is 38.3 Å². The van der Waals surface area contributed by atoms with Gasteiger partial charge >= 0.3 is 0 Å². The fourth-order valence-corrected chi connectivity index (χ4v) is 2.88. The number of rotatable bonds is 3. The highest BCUT2D eigenvalue weighted by atomic mass is 79.9. The van der Waals surface area contributed by atoms with E-state index in [0.29, 0.717) is 6.61 Å². The number of fused-ring (bicyclic) bond motifs is 1. The maximum atomic E-state index is 6.01. The van der Waals surface area contributed by atoms with Gasteiger partial charge in [0.2, 0.25) is 0 Å². The lowest BCUT2D eigenvalue weighted by Gasteiger charge is -2.10. The highest BCUT2D eigenvalue weighted by Gasteiger charge is 2.07. The monoisotopic (exact) mass is 346 g/mol. The number of hydrogen-bond acceptors (Lipinski definition) is 1. The van der Waals surface area contributed by atoms with Gasteiger partial charge in [0.25, 0.3) is 0 Å². The molecule has 0 radical (unpaired) electrons. The van der Waals surface area contributed by atoms with Gasteiger partial charge in [0, 0.05) is 5.02 Å². The quantitative estimate of drug-likeness (QED) is 0.579. The van der Waals surface area contributed by atoms with Crippen LogP contribution in [0.4, 0.5) is 0 Å². The van der Waals surface area contributed by atoms with E-state index in [4.69, 9.17) is 16.3 Å². The molecule has 3 rings (SSSR count). The van der Waals surface area contributed by atoms with Crippen molar-refractivity contribution in [3.05, 3.63) is 75.7 Å². The van der Waals surface area contributed by atoms with E-state index < -0.39 is 0 Å². The molecule has 3 aromatic carbocycles. The van der Waals surface area contributed by atoms with Crippen molar-refractivity contribution < 1.29 is 4.74 Å². The summed E-state index contributed by atoms with van der Waals surface area (Å²) in [6, 6.07) is 19.9. The Morgan fingerprint density at radius 2 is 1.75 bits per heavy atom. The van der Waals surface area contributed by atoms with Crippen LogP contribution in [0.1, 0.15) is 5.56 Å². The SMILES string of the molecule is Clc1ccc2c(Br)c(OCc3ccccc3)ccc2c1. The molecule has 0 aliphatic rings. The van der Waals surface area contributed by atoms with Gasteiger partial charge in [0.15, 0.2) is 0 Å². The lowest BCUT2D eigenvalue weighted by atomic mass is 10.1. The molecule has 1 nitrogen and oxygen atoms in total. The molecule has 3 aromatic rings. The topological polar surface area (TPSA) is 9.23 Å². The van der Waals surface area contributed by atoms with E-state index in [1.807, 2.05) is 48.5 Å². The predicted octanol–water partition coefficient (Wildman–Crippen LogP) is 5.83. The second-order valence-corrected chi connectivity index (χ2v) is 5.75. The molecule has 0 saturated carbocycles. The molecule has 0 heterocycles. The standard InChI is InChI=1S/C17H12BrClO/c18-17-15-8-7-14(19)10-13(15)6-9-16(17)20-11-12-4-2-1-3-5-12/h1-10H,11H2. The van der Waals surface area contributed by atoms with Gasteiger partial charge < -0.3 is 4.74 Å². The van der Waals surface area contributed by atoms with Crippen LogP contribution in [0, 0.1) is 0 Å². The molecular formula is C17H12BrClO. The van der Waals surface area contributed by atoms with Crippen LogP contribution in [-0.4, -0.2) is 0 Å². The third-order valence-electron chi connectivity index (χ3n) is 3.12. The maximum Gasteiger partial charge on any atom is 0.134 e. The van der Waals surface area contributed by atoms with Gasteiger partial charge in [-0.25, -0.2) is 0 Å². The predicted molar refractivity (Wildman–Crippen MR) is 87.4 cm³/mol. The van der Waals surface area contributed by atoms with Crippen molar-refractivity contribution in [1.82, 2.24) is 0 Å². The van der Waals surface area contributed by atoms with Crippen molar-refractivity contribution in [3.8, 4) is 5.75 Å². The molecule has 0 atom stereocenters. The van der Waals surface area contributed by atoms with Crippen molar-refractivity contribution in [2.45, 2.75) is 6.61 Å². The van der Waals surface area contributed by atoms with Crippen LogP contribution < -0.4 is 4.74 Å². The molecule has 0 aromatic heterocycles. The summed E-state index contributed by atoms with van der Waals surface area (Å²) < 4.78 is 6.84. The average Bonchev–Trinajstić information content (AvgIpc) is 2.47. The molecule has 0 bridgehead atoms. The molecule has 0 aliphatic carbocycles. The number of ether oxygens (including phenoxy) is 1. The highest BCUT2D eigenvalue weighted by Crippen LogP contribution is 2.34. The van der Waals surface area contributed by atoms with Crippen LogP contribution in [0.3, 0.4) is 0 Å². The van der Waals surface area contributed by atoms with Crippen LogP contribution in [0.2, 0.25) is 5.02 Å². The van der Waals surface area contributed by atoms with E-state index in [-0.39, 0.29) is 0 Å². The van der Waals surface area contributed by atoms with E-state index >= 15 is 0 Å². The molecule has 0 unspecified atom stereocenters. The third kappa shape index (κ3) is 2.82. The van der Waals surface area contributed by atoms with Gasteiger partial charge in [-0.1, -0.05) is 54.1 Å². The summed E-state index contributed by atoms with van der Waals surface area (Å²) >= 11 is 9.62. The number of benzene rings is 3. The van der Waals surface area contributed by atoms with Crippen molar-refractivity contribution in [2.24, 2.45) is 0 Å². The summed E-state index contributed by atoms with van der Waals surface area (Å²) in [5, 5.41) is 2.93. The molecule has 0 amide bonds. The first kappa shape index (κ1) is 13.5. The molecule has 20 heavy (non-hydrogen) atoms. The number of hydrogen-bond donors (Lipinski definition) is 0. The summed E-state index contributed by atoms with van der Waals surface area (Å²) in [6.45, 7) is 0.554. The fourth-order valence-electron chi connectivity index (χ4n) is 2.09. The van der Waals surface area contributed by atoms with Gasteiger partial charge in [-0.2, -0.15) is 0 Å². The third-order valence-corrected chi connectivity index (χ3v) is 4.17. The van der Waals surface area contributed by atoms with Gasteiger partial charge in [-0.3, -0.25) is 0 Å². The van der Waals surface area contributed by atoms with E-state index in [1.54, 1.807) is 0 Å². The molecule has 0 N–H and O–H groups in total. The number of halogens is 2. The fraction of sp³-hybridized carbons (Fsp3) is 0.0588. The molecule has 0 spiro atoms. The summed E-state index contributed by atoms with van der Waals surface area (Å²) in [4.78, 5) is 0. The minimum absolute atomic E-state index is 0.554. The minimum atomic E-state index is 0.554. The minimum Gasteiger partial charge on any atom is -0.488 e. The molecular weight excluding hydrogens is 336 g/mol. The average molecular weight is 348 g/mol. The zero-order valence-corrected chi connectivity index (χ0v) is 13.0. The Labute approximate surface area is 131 Å². The second kappa shape index (κ2) is 5.86. The van der Waals surface area contributed by atoms with Gasteiger partial charge in [0.05, 0.1) is 4.47 Å². The molecule has 100 valence electrons. The van der Waals surface area contributed by atoms with E-state index in [0.717, 1.165) is 31.6 Å². The van der Waals surface area contributed by atoms with E-state index in [9.17, 15) is 0 Å². The second-order valence-electron chi connectivity index (χ2n) is 4.52. The van der Waals surface area contributed by atoms with Crippen LogP contribution in [0.25, 0.3) is 10.8 Å². The first-order chi connectivity index (χ1) is 9.74. The zero-order chi connectivity index (χ0) is 13.9. The molecule has 0 saturated heterocycles. The highest BCUT2D eigenvalue weighted by molar-refractivity contribution is 9.10. The zero-order valence-electron chi connectivity index (χ0n) is 10.6. The summed E-state index contributed by atoms with van der Waals surface area (Å²) in [5.41, 5.74) is 1.15. The molecule has 0 fully saturated rings. The smallest absolute Gasteiger partial charge is 0.134 e. The largest absolute Gasteiger partial charge is 0.488 e. The summed E-state index contributed by atoms with van der Waals surface area (Å²) in [6.07, 6.45) is 0. The van der Waals surface area contributed by atoms with E-state index in [1.165, 1.54) is 0 Å². The van der Waals surface area contributed by atoms with Crippen molar-refractivity contribution in [3.63, 3.8) is 0 Å². The maximum absolute atomic E-state index is 6.01. The van der Waals surface area contributed by atoms with Gasteiger partial charge in [0.1, 0.15) is 12.4 Å². The Kier molecular flexibility index (Phi) is 3.95. The van der Waals surface area contributed by atoms with Crippen molar-refractivity contribution in [2.75, 3.05) is 0 Å². The Bertz CT molecular complexity index is 741. The summed E-state index contributed by atoms with van der Waals surface area (Å²) in [7, 11) is 0. The molecule has 3 heteroatoms. The molecule has 0 aliphatic heterocycles. The summed E-state index contributed by atoms with van der Waals surface area (Å²) in [5.74, 6) is 0.837. The van der Waals surface area contributed by atoms with Crippen LogP contribution in [0.15, 0.2) is 65.1 Å². The van der Waals surface area contributed by atoms with E-state index in [2.05, 4.69) is 28.1 Å². The Morgan fingerprint density at radius 3 is 2.55 bits per heavy atom. The van der Waals surface area contributed by atoms with Crippen molar-refractivity contribution in [1.29, 1.82) is 0 Å². The first-order valence-corrected chi connectivity index (χ1v) is 7.45. The van der Waals surface area contributed by atoms with Gasteiger partial charge in [-0.05, 0) is 50.5 Å². The first-order valence-electron chi connectivity index (χ1n) is 6.28. The lowest BCUT2D eigenvalue weighted by Crippen LogP contribution is -1.95. The van der Waals surface area contributed by atoms with Crippen LogP contribution >= 0.6 is 27.5 Å². The Hall–Kier alpha value is -1.51. The Morgan fingerprint density at radius 1 is 0.950 bits per heavy atom.